The molecule has 0 bridgehead atoms. The molecule has 130 valence electrons. The molecule has 1 N–H and O–H groups in total. The molecule has 0 saturated carbocycles. The molecule has 1 unspecified atom stereocenters. The summed E-state index contributed by atoms with van der Waals surface area (Å²) in [5.74, 6) is 1.36. The van der Waals surface area contributed by atoms with Crippen molar-refractivity contribution in [1.82, 2.24) is 19.6 Å². The Kier molecular flexibility index (Phi) is 3.38. The predicted molar refractivity (Wildman–Crippen MR) is 95.1 cm³/mol. The number of fused-ring (bicyclic) bond motifs is 2. The van der Waals surface area contributed by atoms with Crippen LogP contribution in [0.1, 0.15) is 28.8 Å². The van der Waals surface area contributed by atoms with Gasteiger partial charge in [0.15, 0.2) is 6.10 Å². The van der Waals surface area contributed by atoms with E-state index < -0.39 is 0 Å². The van der Waals surface area contributed by atoms with Gasteiger partial charge in [0.1, 0.15) is 11.4 Å². The Morgan fingerprint density at radius 1 is 1.19 bits per heavy atom. The van der Waals surface area contributed by atoms with Crippen molar-refractivity contribution in [2.75, 3.05) is 5.32 Å². The van der Waals surface area contributed by atoms with Crippen LogP contribution in [0.4, 0.5) is 6.01 Å². The number of aryl methyl sites for hydroxylation is 1. The second-order valence-electron chi connectivity index (χ2n) is 6.40. The van der Waals surface area contributed by atoms with Crippen molar-refractivity contribution in [3.8, 4) is 5.75 Å². The maximum Gasteiger partial charge on any atom is 0.315 e. The van der Waals surface area contributed by atoms with Crippen LogP contribution in [0.25, 0.3) is 5.65 Å². The van der Waals surface area contributed by atoms with Crippen LogP contribution >= 0.6 is 0 Å². The highest BCUT2D eigenvalue weighted by Gasteiger charge is 2.28. The highest BCUT2D eigenvalue weighted by molar-refractivity contribution is 5.42. The zero-order valence-corrected chi connectivity index (χ0v) is 14.2. The van der Waals surface area contributed by atoms with Gasteiger partial charge in [0, 0.05) is 12.6 Å². The molecule has 1 aliphatic rings. The monoisotopic (exact) mass is 347 g/mol. The number of nitrogens with one attached hydrogen (secondary N) is 1. The number of aromatic nitrogens is 4. The van der Waals surface area contributed by atoms with Crippen molar-refractivity contribution < 1.29 is 9.15 Å². The molecule has 3 aromatic heterocycles. The first kappa shape index (κ1) is 14.9. The Morgan fingerprint density at radius 3 is 3.04 bits per heavy atom. The zero-order valence-electron chi connectivity index (χ0n) is 14.2. The van der Waals surface area contributed by atoms with Crippen molar-refractivity contribution in [2.45, 2.75) is 26.0 Å². The SMILES string of the molecule is Cc1ccc2ncc(CNc3nnc(C4Cc5ccccc5O4)o3)n2c1. The van der Waals surface area contributed by atoms with E-state index in [1.54, 1.807) is 0 Å². The van der Waals surface area contributed by atoms with Gasteiger partial charge in [-0.15, -0.1) is 5.10 Å². The van der Waals surface area contributed by atoms with Crippen LogP contribution in [0, 0.1) is 6.92 Å². The summed E-state index contributed by atoms with van der Waals surface area (Å²) in [7, 11) is 0. The first-order chi connectivity index (χ1) is 12.8. The fourth-order valence-corrected chi connectivity index (χ4v) is 3.19. The summed E-state index contributed by atoms with van der Waals surface area (Å²) in [4.78, 5) is 4.40. The van der Waals surface area contributed by atoms with Gasteiger partial charge in [-0.25, -0.2) is 4.98 Å². The van der Waals surface area contributed by atoms with Gasteiger partial charge in [0.05, 0.1) is 18.4 Å². The first-order valence-corrected chi connectivity index (χ1v) is 8.51. The minimum absolute atomic E-state index is 0.228. The molecule has 26 heavy (non-hydrogen) atoms. The van der Waals surface area contributed by atoms with Crippen LogP contribution in [0.3, 0.4) is 0 Å². The van der Waals surface area contributed by atoms with Crippen molar-refractivity contribution in [3.63, 3.8) is 0 Å². The lowest BCUT2D eigenvalue weighted by Crippen LogP contribution is -2.03. The van der Waals surface area contributed by atoms with Gasteiger partial charge in [0.2, 0.25) is 0 Å². The Bertz CT molecular complexity index is 1060. The summed E-state index contributed by atoms with van der Waals surface area (Å²) in [6.45, 7) is 2.60. The van der Waals surface area contributed by atoms with Crippen molar-refractivity contribution in [3.05, 3.63) is 71.5 Å². The van der Waals surface area contributed by atoms with E-state index in [0.717, 1.165) is 29.1 Å². The van der Waals surface area contributed by atoms with E-state index in [1.165, 1.54) is 5.56 Å². The van der Waals surface area contributed by atoms with Crippen molar-refractivity contribution in [2.24, 2.45) is 0 Å². The minimum atomic E-state index is -0.228. The number of rotatable bonds is 4. The van der Waals surface area contributed by atoms with Gasteiger partial charge in [-0.1, -0.05) is 29.4 Å². The normalized spacial score (nSPS) is 15.8. The number of ether oxygens (including phenoxy) is 1. The molecule has 7 nitrogen and oxygen atoms in total. The lowest BCUT2D eigenvalue weighted by molar-refractivity contribution is 0.199. The fourth-order valence-electron chi connectivity index (χ4n) is 3.19. The number of benzene rings is 1. The Hall–Kier alpha value is -3.35. The Morgan fingerprint density at radius 2 is 2.12 bits per heavy atom. The number of imidazole rings is 1. The van der Waals surface area contributed by atoms with Crippen molar-refractivity contribution in [1.29, 1.82) is 0 Å². The molecule has 4 aromatic rings. The highest BCUT2D eigenvalue weighted by atomic mass is 16.5. The van der Waals surface area contributed by atoms with E-state index in [2.05, 4.69) is 44.1 Å². The standard InChI is InChI=1S/C19H17N5O2/c1-12-6-7-17-20-9-14(24(17)11-12)10-21-19-23-22-18(26-19)16-8-13-4-2-3-5-15(13)25-16/h2-7,9,11,16H,8,10H2,1H3,(H,21,23). The summed E-state index contributed by atoms with van der Waals surface area (Å²) in [6, 6.07) is 12.4. The number of nitrogens with zero attached hydrogens (tertiary/aromatic N) is 4. The molecule has 0 saturated heterocycles. The van der Waals surface area contributed by atoms with Gasteiger partial charge in [-0.05, 0) is 30.2 Å². The fraction of sp³-hybridized carbons (Fsp3) is 0.211. The molecule has 7 heteroatoms. The molecule has 1 aromatic carbocycles. The average Bonchev–Trinajstić information content (AvgIpc) is 3.37. The topological polar surface area (TPSA) is 77.5 Å². The van der Waals surface area contributed by atoms with E-state index in [-0.39, 0.29) is 6.10 Å². The van der Waals surface area contributed by atoms with Crippen LogP contribution in [-0.4, -0.2) is 19.6 Å². The van der Waals surface area contributed by atoms with Crippen molar-refractivity contribution >= 4 is 11.7 Å². The smallest absolute Gasteiger partial charge is 0.315 e. The third-order valence-electron chi connectivity index (χ3n) is 4.51. The molecule has 0 spiro atoms. The van der Waals surface area contributed by atoms with Gasteiger partial charge >= 0.3 is 6.01 Å². The summed E-state index contributed by atoms with van der Waals surface area (Å²) < 4.78 is 13.7. The molecule has 0 radical (unpaired) electrons. The second kappa shape index (κ2) is 5.87. The number of anilines is 1. The van der Waals surface area contributed by atoms with Gasteiger partial charge in [-0.2, -0.15) is 0 Å². The number of hydrogen-bond donors (Lipinski definition) is 1. The summed E-state index contributed by atoms with van der Waals surface area (Å²) in [5.41, 5.74) is 4.27. The summed E-state index contributed by atoms with van der Waals surface area (Å²) in [6.07, 6.45) is 4.41. The van der Waals surface area contributed by atoms with E-state index in [4.69, 9.17) is 9.15 Å². The Labute approximate surface area is 149 Å². The van der Waals surface area contributed by atoms with Gasteiger partial charge < -0.3 is 18.9 Å². The average molecular weight is 347 g/mol. The Balaban J connectivity index is 1.30. The molecule has 0 fully saturated rings. The third kappa shape index (κ3) is 2.57. The first-order valence-electron chi connectivity index (χ1n) is 8.51. The maximum absolute atomic E-state index is 5.89. The molecular formula is C19H17N5O2. The molecule has 0 amide bonds. The van der Waals surface area contributed by atoms with E-state index in [9.17, 15) is 0 Å². The molecule has 4 heterocycles. The summed E-state index contributed by atoms with van der Waals surface area (Å²) >= 11 is 0. The quantitative estimate of drug-likeness (QED) is 0.610. The largest absolute Gasteiger partial charge is 0.480 e. The highest BCUT2D eigenvalue weighted by Crippen LogP contribution is 2.36. The van der Waals surface area contributed by atoms with Crippen LogP contribution in [0.15, 0.2) is 53.2 Å². The van der Waals surface area contributed by atoms with E-state index in [1.807, 2.05) is 36.5 Å². The van der Waals surface area contributed by atoms with E-state index in [0.29, 0.717) is 18.5 Å². The molecule has 1 atom stereocenters. The van der Waals surface area contributed by atoms with Gasteiger partial charge in [0.25, 0.3) is 5.89 Å². The summed E-state index contributed by atoms with van der Waals surface area (Å²) in [5, 5.41) is 11.4. The van der Waals surface area contributed by atoms with Gasteiger partial charge in [-0.3, -0.25) is 0 Å². The van der Waals surface area contributed by atoms with Crippen LogP contribution in [-0.2, 0) is 13.0 Å². The van der Waals surface area contributed by atoms with Crippen LogP contribution in [0.5, 0.6) is 5.75 Å². The predicted octanol–water partition coefficient (Wildman–Crippen LogP) is 3.31. The maximum atomic E-state index is 5.89. The molecule has 1 aliphatic heterocycles. The minimum Gasteiger partial charge on any atom is -0.480 e. The second-order valence-corrected chi connectivity index (χ2v) is 6.40. The van der Waals surface area contributed by atoms with Crippen LogP contribution in [0.2, 0.25) is 0 Å². The number of pyridine rings is 1. The zero-order chi connectivity index (χ0) is 17.5. The molecule has 0 aliphatic carbocycles. The lowest BCUT2D eigenvalue weighted by Gasteiger charge is -2.05. The lowest BCUT2D eigenvalue weighted by atomic mass is 10.1. The molecule has 5 rings (SSSR count). The van der Waals surface area contributed by atoms with E-state index >= 15 is 0 Å². The number of hydrogen-bond acceptors (Lipinski definition) is 6. The third-order valence-corrected chi connectivity index (χ3v) is 4.51. The number of para-hydroxylation sites is 1. The molecular weight excluding hydrogens is 330 g/mol. The van der Waals surface area contributed by atoms with Crippen LogP contribution < -0.4 is 10.1 Å².